The van der Waals surface area contributed by atoms with Crippen molar-refractivity contribution in [2.45, 2.75) is 71.9 Å². The van der Waals surface area contributed by atoms with Crippen molar-refractivity contribution >= 4 is 0 Å². The summed E-state index contributed by atoms with van der Waals surface area (Å²) in [5.41, 5.74) is 7.93. The van der Waals surface area contributed by atoms with Gasteiger partial charge >= 0.3 is 0 Å². The molecule has 4 heteroatoms. The van der Waals surface area contributed by atoms with Crippen molar-refractivity contribution in [2.75, 3.05) is 0 Å². The molecule has 98 valence electrons. The highest BCUT2D eigenvalue weighted by Crippen LogP contribution is 2.11. The summed E-state index contributed by atoms with van der Waals surface area (Å²) in [4.78, 5) is 0. The van der Waals surface area contributed by atoms with Crippen LogP contribution in [0.3, 0.4) is 0 Å². The Kier molecular flexibility index (Phi) is 6.86. The van der Waals surface area contributed by atoms with Crippen LogP contribution in [0.1, 0.15) is 63.8 Å². The molecule has 1 aromatic rings. The molecule has 0 aliphatic rings. The van der Waals surface area contributed by atoms with Gasteiger partial charge in [-0.15, -0.1) is 5.10 Å². The lowest BCUT2D eigenvalue weighted by Gasteiger charge is -2.07. The maximum Gasteiger partial charge on any atom is 0.0994 e. The molecule has 0 amide bonds. The van der Waals surface area contributed by atoms with Crippen LogP contribution in [0, 0.1) is 0 Å². The van der Waals surface area contributed by atoms with E-state index in [-0.39, 0.29) is 0 Å². The minimum Gasteiger partial charge on any atom is -0.325 e. The van der Waals surface area contributed by atoms with E-state index in [1.807, 2.05) is 0 Å². The Balaban J connectivity index is 2.53. The van der Waals surface area contributed by atoms with Crippen LogP contribution < -0.4 is 5.73 Å². The average molecular weight is 238 g/mol. The van der Waals surface area contributed by atoms with E-state index in [9.17, 15) is 0 Å². The van der Waals surface area contributed by atoms with Crippen LogP contribution in [-0.4, -0.2) is 15.0 Å². The maximum atomic E-state index is 5.70. The van der Waals surface area contributed by atoms with E-state index in [1.54, 1.807) is 0 Å². The summed E-state index contributed by atoms with van der Waals surface area (Å²) >= 11 is 0. The second-order valence-electron chi connectivity index (χ2n) is 4.57. The molecule has 1 heterocycles. The Labute approximate surface area is 105 Å². The molecule has 1 rings (SSSR count). The van der Waals surface area contributed by atoms with Crippen molar-refractivity contribution in [2.24, 2.45) is 5.73 Å². The second-order valence-corrected chi connectivity index (χ2v) is 4.57. The molecule has 0 saturated heterocycles. The summed E-state index contributed by atoms with van der Waals surface area (Å²) in [5.74, 6) is 0. The number of hydrogen-bond acceptors (Lipinski definition) is 3. The molecular formula is C13H26N4. The monoisotopic (exact) mass is 238 g/mol. The zero-order valence-corrected chi connectivity index (χ0v) is 11.3. The Bertz CT molecular complexity index is 306. The highest BCUT2D eigenvalue weighted by molar-refractivity contribution is 5.09. The van der Waals surface area contributed by atoms with Crippen molar-refractivity contribution in [3.63, 3.8) is 0 Å². The first kappa shape index (κ1) is 14.2. The van der Waals surface area contributed by atoms with Gasteiger partial charge in [0.25, 0.3) is 0 Å². The molecule has 2 N–H and O–H groups in total. The molecule has 0 unspecified atom stereocenters. The molecule has 0 aromatic carbocycles. The molecule has 17 heavy (non-hydrogen) atoms. The second kappa shape index (κ2) is 8.23. The molecule has 0 aliphatic carbocycles. The molecule has 0 atom stereocenters. The number of aryl methyl sites for hydroxylation is 1. The Morgan fingerprint density at radius 3 is 2.47 bits per heavy atom. The molecular weight excluding hydrogens is 212 g/mol. The van der Waals surface area contributed by atoms with Crippen LogP contribution in [-0.2, 0) is 19.5 Å². The smallest absolute Gasteiger partial charge is 0.0994 e. The number of rotatable bonds is 9. The third-order valence-corrected chi connectivity index (χ3v) is 3.10. The Hall–Kier alpha value is -0.900. The SMILES string of the molecule is CCCCCCn1nnc(CN)c1CCCC. The number of nitrogens with two attached hydrogens (primary N) is 1. The van der Waals surface area contributed by atoms with Crippen LogP contribution >= 0.6 is 0 Å². The van der Waals surface area contributed by atoms with E-state index in [1.165, 1.54) is 44.2 Å². The predicted molar refractivity (Wildman–Crippen MR) is 70.7 cm³/mol. The lowest BCUT2D eigenvalue weighted by molar-refractivity contribution is 0.508. The highest BCUT2D eigenvalue weighted by atomic mass is 15.4. The zero-order chi connectivity index (χ0) is 12.5. The van der Waals surface area contributed by atoms with E-state index in [0.29, 0.717) is 6.54 Å². The molecule has 0 saturated carbocycles. The van der Waals surface area contributed by atoms with Gasteiger partial charge in [0.05, 0.1) is 11.4 Å². The van der Waals surface area contributed by atoms with Gasteiger partial charge in [-0.05, 0) is 19.3 Å². The van der Waals surface area contributed by atoms with E-state index >= 15 is 0 Å². The fourth-order valence-electron chi connectivity index (χ4n) is 2.01. The lowest BCUT2D eigenvalue weighted by atomic mass is 10.1. The predicted octanol–water partition coefficient (Wildman–Crippen LogP) is 2.66. The quantitative estimate of drug-likeness (QED) is 0.673. The van der Waals surface area contributed by atoms with Gasteiger partial charge < -0.3 is 5.73 Å². The van der Waals surface area contributed by atoms with Gasteiger partial charge in [-0.25, -0.2) is 4.68 Å². The number of aromatic nitrogens is 3. The third-order valence-electron chi connectivity index (χ3n) is 3.10. The molecule has 4 nitrogen and oxygen atoms in total. The summed E-state index contributed by atoms with van der Waals surface area (Å²) in [5, 5.41) is 8.40. The standard InChI is InChI=1S/C13H26N4/c1-3-5-7-8-10-17-13(9-6-4-2)12(11-14)15-16-17/h3-11,14H2,1-2H3. The summed E-state index contributed by atoms with van der Waals surface area (Å²) in [6.07, 6.45) is 8.50. The molecule has 0 fully saturated rings. The van der Waals surface area contributed by atoms with Crippen molar-refractivity contribution in [3.8, 4) is 0 Å². The van der Waals surface area contributed by atoms with Crippen molar-refractivity contribution in [3.05, 3.63) is 11.4 Å². The Morgan fingerprint density at radius 2 is 1.82 bits per heavy atom. The van der Waals surface area contributed by atoms with Gasteiger partial charge in [-0.1, -0.05) is 44.7 Å². The summed E-state index contributed by atoms with van der Waals surface area (Å²) < 4.78 is 2.06. The first-order valence-electron chi connectivity index (χ1n) is 6.94. The van der Waals surface area contributed by atoms with Crippen molar-refractivity contribution < 1.29 is 0 Å². The summed E-state index contributed by atoms with van der Waals surface area (Å²) in [6.45, 7) is 5.94. The van der Waals surface area contributed by atoms with Gasteiger partial charge in [0.2, 0.25) is 0 Å². The Morgan fingerprint density at radius 1 is 1.06 bits per heavy atom. The van der Waals surface area contributed by atoms with E-state index < -0.39 is 0 Å². The largest absolute Gasteiger partial charge is 0.325 e. The zero-order valence-electron chi connectivity index (χ0n) is 11.3. The summed E-state index contributed by atoms with van der Waals surface area (Å²) in [7, 11) is 0. The van der Waals surface area contributed by atoms with Crippen LogP contribution in [0.5, 0.6) is 0 Å². The van der Waals surface area contributed by atoms with Crippen LogP contribution in [0.4, 0.5) is 0 Å². The number of hydrogen-bond donors (Lipinski definition) is 1. The fourth-order valence-corrected chi connectivity index (χ4v) is 2.01. The van der Waals surface area contributed by atoms with Crippen LogP contribution in [0.2, 0.25) is 0 Å². The molecule has 0 aliphatic heterocycles. The normalized spacial score (nSPS) is 11.0. The fraction of sp³-hybridized carbons (Fsp3) is 0.846. The van der Waals surface area contributed by atoms with Gasteiger partial charge in [0.15, 0.2) is 0 Å². The highest BCUT2D eigenvalue weighted by Gasteiger charge is 2.10. The summed E-state index contributed by atoms with van der Waals surface area (Å²) in [6, 6.07) is 0. The minimum atomic E-state index is 0.508. The van der Waals surface area contributed by atoms with E-state index in [4.69, 9.17) is 5.73 Å². The maximum absolute atomic E-state index is 5.70. The van der Waals surface area contributed by atoms with Crippen LogP contribution in [0.15, 0.2) is 0 Å². The molecule has 0 bridgehead atoms. The number of unbranched alkanes of at least 4 members (excludes halogenated alkanes) is 4. The first-order chi connectivity index (χ1) is 8.33. The van der Waals surface area contributed by atoms with Crippen molar-refractivity contribution in [1.29, 1.82) is 0 Å². The van der Waals surface area contributed by atoms with Gasteiger partial charge in [-0.2, -0.15) is 0 Å². The van der Waals surface area contributed by atoms with Gasteiger partial charge in [0, 0.05) is 13.1 Å². The minimum absolute atomic E-state index is 0.508. The van der Waals surface area contributed by atoms with Crippen molar-refractivity contribution in [1.82, 2.24) is 15.0 Å². The van der Waals surface area contributed by atoms with Crippen LogP contribution in [0.25, 0.3) is 0 Å². The number of nitrogens with zero attached hydrogens (tertiary/aromatic N) is 3. The van der Waals surface area contributed by atoms with E-state index in [0.717, 1.165) is 18.7 Å². The third kappa shape index (κ3) is 4.46. The van der Waals surface area contributed by atoms with Gasteiger partial charge in [-0.3, -0.25) is 0 Å². The molecule has 1 aromatic heterocycles. The lowest BCUT2D eigenvalue weighted by Crippen LogP contribution is -2.08. The van der Waals surface area contributed by atoms with E-state index in [2.05, 4.69) is 28.8 Å². The first-order valence-corrected chi connectivity index (χ1v) is 6.94. The topological polar surface area (TPSA) is 56.7 Å². The van der Waals surface area contributed by atoms with Gasteiger partial charge in [0.1, 0.15) is 0 Å². The molecule has 0 spiro atoms. The molecule has 0 radical (unpaired) electrons. The average Bonchev–Trinajstić information content (AvgIpc) is 2.74.